The highest BCUT2D eigenvalue weighted by atomic mass is 32.1. The van der Waals surface area contributed by atoms with Gasteiger partial charge in [0.05, 0.1) is 19.0 Å². The molecule has 0 amide bonds. The fourth-order valence-electron chi connectivity index (χ4n) is 2.67. The molecule has 0 aliphatic heterocycles. The van der Waals surface area contributed by atoms with Crippen molar-refractivity contribution >= 4 is 18.4 Å². The molecule has 9 heteroatoms. The van der Waals surface area contributed by atoms with Gasteiger partial charge in [0, 0.05) is 5.56 Å². The van der Waals surface area contributed by atoms with Gasteiger partial charge in [-0.3, -0.25) is 5.10 Å². The number of aromatic amines is 2. The number of hydrogen-bond acceptors (Lipinski definition) is 6. The number of ether oxygens (including phenoxy) is 1. The van der Waals surface area contributed by atoms with Crippen molar-refractivity contribution in [3.05, 3.63) is 64.9 Å². The van der Waals surface area contributed by atoms with E-state index in [4.69, 9.17) is 17.0 Å². The summed E-state index contributed by atoms with van der Waals surface area (Å²) in [6.45, 7) is 0. The van der Waals surface area contributed by atoms with E-state index in [-0.39, 0.29) is 5.75 Å². The number of methoxy groups -OCH3 is 1. The van der Waals surface area contributed by atoms with Crippen molar-refractivity contribution in [2.75, 3.05) is 7.11 Å². The van der Waals surface area contributed by atoms with Crippen LogP contribution < -0.4 is 4.74 Å². The maximum Gasteiger partial charge on any atom is 0.216 e. The van der Waals surface area contributed by atoms with Gasteiger partial charge in [-0.05, 0) is 42.0 Å². The molecule has 4 rings (SSSR count). The summed E-state index contributed by atoms with van der Waals surface area (Å²) in [7, 11) is 1.49. The van der Waals surface area contributed by atoms with Crippen LogP contribution in [0.3, 0.4) is 0 Å². The second kappa shape index (κ2) is 7.49. The van der Waals surface area contributed by atoms with Gasteiger partial charge in [-0.15, -0.1) is 0 Å². The lowest BCUT2D eigenvalue weighted by atomic mass is 10.1. The SMILES string of the molecule is COc1cc(/C=N\n2c(-c3cc(-c4ccccc4)n[nH]3)n[nH]c2=S)ccc1O. The fraction of sp³-hybridized carbons (Fsp3) is 0.0526. The first-order chi connectivity index (χ1) is 13.7. The minimum atomic E-state index is 0.0613. The summed E-state index contributed by atoms with van der Waals surface area (Å²) < 4.78 is 6.95. The number of hydrogen-bond donors (Lipinski definition) is 3. The van der Waals surface area contributed by atoms with Gasteiger partial charge in [0.1, 0.15) is 5.69 Å². The number of benzene rings is 2. The molecule has 0 spiro atoms. The fourth-order valence-corrected chi connectivity index (χ4v) is 2.84. The maximum atomic E-state index is 9.70. The van der Waals surface area contributed by atoms with Gasteiger partial charge in [-0.25, -0.2) is 5.10 Å². The topological polar surface area (TPSA) is 104 Å². The van der Waals surface area contributed by atoms with Crippen LogP contribution in [0.4, 0.5) is 0 Å². The zero-order valence-electron chi connectivity index (χ0n) is 14.8. The molecule has 28 heavy (non-hydrogen) atoms. The number of aromatic nitrogens is 5. The van der Waals surface area contributed by atoms with Crippen molar-refractivity contribution in [1.29, 1.82) is 0 Å². The third kappa shape index (κ3) is 3.42. The molecule has 8 nitrogen and oxygen atoms in total. The molecule has 140 valence electrons. The molecule has 0 saturated heterocycles. The zero-order valence-corrected chi connectivity index (χ0v) is 15.6. The van der Waals surface area contributed by atoms with Gasteiger partial charge in [0.15, 0.2) is 11.5 Å². The van der Waals surface area contributed by atoms with Crippen molar-refractivity contribution in [2.45, 2.75) is 0 Å². The highest BCUT2D eigenvalue weighted by Gasteiger charge is 2.12. The quantitative estimate of drug-likeness (QED) is 0.356. The lowest BCUT2D eigenvalue weighted by Crippen LogP contribution is -1.95. The van der Waals surface area contributed by atoms with Crippen LogP contribution in [-0.4, -0.2) is 43.5 Å². The molecular formula is C19H16N6O2S. The van der Waals surface area contributed by atoms with Gasteiger partial charge in [0.25, 0.3) is 0 Å². The lowest BCUT2D eigenvalue weighted by Gasteiger charge is -2.03. The van der Waals surface area contributed by atoms with E-state index in [0.717, 1.165) is 16.8 Å². The molecular weight excluding hydrogens is 376 g/mol. The van der Waals surface area contributed by atoms with Crippen LogP contribution in [0.1, 0.15) is 5.56 Å². The first-order valence-electron chi connectivity index (χ1n) is 8.35. The number of nitrogens with one attached hydrogen (secondary N) is 2. The van der Waals surface area contributed by atoms with E-state index in [1.54, 1.807) is 18.3 Å². The summed E-state index contributed by atoms with van der Waals surface area (Å²) in [5.41, 5.74) is 3.19. The number of H-pyrrole nitrogens is 2. The Bertz CT molecular complexity index is 1190. The second-order valence-electron chi connectivity index (χ2n) is 5.87. The number of nitrogens with zero attached hydrogens (tertiary/aromatic N) is 4. The molecule has 4 aromatic rings. The predicted octanol–water partition coefficient (Wildman–Crippen LogP) is 3.59. The van der Waals surface area contributed by atoms with Crippen molar-refractivity contribution in [3.63, 3.8) is 0 Å². The summed E-state index contributed by atoms with van der Waals surface area (Å²) >= 11 is 5.29. The van der Waals surface area contributed by atoms with Crippen LogP contribution in [-0.2, 0) is 0 Å². The van der Waals surface area contributed by atoms with E-state index in [0.29, 0.717) is 22.0 Å². The van der Waals surface area contributed by atoms with Gasteiger partial charge >= 0.3 is 0 Å². The molecule has 2 heterocycles. The Morgan fingerprint density at radius 2 is 1.93 bits per heavy atom. The van der Waals surface area contributed by atoms with Crippen LogP contribution in [0, 0.1) is 4.77 Å². The van der Waals surface area contributed by atoms with Crippen molar-refractivity contribution < 1.29 is 9.84 Å². The molecule has 0 fully saturated rings. The van der Waals surface area contributed by atoms with Crippen LogP contribution in [0.25, 0.3) is 22.8 Å². The van der Waals surface area contributed by atoms with Gasteiger partial charge in [-0.1, -0.05) is 30.3 Å². The molecule has 0 atom stereocenters. The van der Waals surface area contributed by atoms with E-state index in [1.807, 2.05) is 36.4 Å². The first kappa shape index (κ1) is 17.7. The van der Waals surface area contributed by atoms with E-state index >= 15 is 0 Å². The third-order valence-corrected chi connectivity index (χ3v) is 4.33. The molecule has 0 aliphatic rings. The molecule has 3 N–H and O–H groups in total. The Hall–Kier alpha value is -3.72. The Morgan fingerprint density at radius 3 is 2.71 bits per heavy atom. The highest BCUT2D eigenvalue weighted by Crippen LogP contribution is 2.26. The van der Waals surface area contributed by atoms with Gasteiger partial charge in [0.2, 0.25) is 10.6 Å². The van der Waals surface area contributed by atoms with E-state index < -0.39 is 0 Å². The minimum absolute atomic E-state index is 0.0613. The average molecular weight is 392 g/mol. The Labute approximate surface area is 165 Å². The molecule has 0 saturated carbocycles. The number of rotatable bonds is 5. The van der Waals surface area contributed by atoms with Crippen molar-refractivity contribution in [1.82, 2.24) is 25.1 Å². The van der Waals surface area contributed by atoms with Crippen LogP contribution in [0.5, 0.6) is 11.5 Å². The minimum Gasteiger partial charge on any atom is -0.504 e. The Kier molecular flexibility index (Phi) is 4.73. The second-order valence-corrected chi connectivity index (χ2v) is 6.26. The van der Waals surface area contributed by atoms with Crippen molar-refractivity contribution in [2.24, 2.45) is 5.10 Å². The van der Waals surface area contributed by atoms with E-state index in [2.05, 4.69) is 25.5 Å². The standard InChI is InChI=1S/C19H16N6O2S/c1-27-17-9-12(7-8-16(17)26)11-20-25-18(23-24-19(25)28)15-10-14(21-22-15)13-5-3-2-4-6-13/h2-11,26H,1H3,(H,21,22)(H,24,28)/b20-11-. The van der Waals surface area contributed by atoms with E-state index in [9.17, 15) is 5.11 Å². The van der Waals surface area contributed by atoms with E-state index in [1.165, 1.54) is 17.9 Å². The monoisotopic (exact) mass is 392 g/mol. The average Bonchev–Trinajstić information content (AvgIpc) is 3.35. The predicted molar refractivity (Wildman–Crippen MR) is 108 cm³/mol. The Balaban J connectivity index is 1.67. The number of aromatic hydroxyl groups is 1. The smallest absolute Gasteiger partial charge is 0.216 e. The van der Waals surface area contributed by atoms with Crippen LogP contribution >= 0.6 is 12.2 Å². The zero-order chi connectivity index (χ0) is 19.5. The Morgan fingerprint density at radius 1 is 1.11 bits per heavy atom. The number of phenolic OH excluding ortho intramolecular Hbond substituents is 1. The summed E-state index contributed by atoms with van der Waals surface area (Å²) in [5.74, 6) is 0.925. The largest absolute Gasteiger partial charge is 0.504 e. The molecule has 0 radical (unpaired) electrons. The molecule has 0 bridgehead atoms. The van der Waals surface area contributed by atoms with Crippen LogP contribution in [0.15, 0.2) is 59.7 Å². The molecule has 0 unspecified atom stereocenters. The van der Waals surface area contributed by atoms with Crippen LogP contribution in [0.2, 0.25) is 0 Å². The summed E-state index contributed by atoms with van der Waals surface area (Å²) in [5, 5.41) is 28.4. The normalized spacial score (nSPS) is 11.2. The molecule has 2 aromatic heterocycles. The third-order valence-electron chi connectivity index (χ3n) is 4.06. The molecule has 0 aliphatic carbocycles. The lowest BCUT2D eigenvalue weighted by molar-refractivity contribution is 0.373. The summed E-state index contributed by atoms with van der Waals surface area (Å²) in [6, 6.07) is 16.6. The first-order valence-corrected chi connectivity index (χ1v) is 8.76. The summed E-state index contributed by atoms with van der Waals surface area (Å²) in [6.07, 6.45) is 1.60. The maximum absolute atomic E-state index is 9.70. The number of phenols is 1. The van der Waals surface area contributed by atoms with Crippen molar-refractivity contribution in [3.8, 4) is 34.3 Å². The highest BCUT2D eigenvalue weighted by molar-refractivity contribution is 7.71. The summed E-state index contributed by atoms with van der Waals surface area (Å²) in [4.78, 5) is 0. The van der Waals surface area contributed by atoms with Gasteiger partial charge < -0.3 is 9.84 Å². The van der Waals surface area contributed by atoms with Gasteiger partial charge in [-0.2, -0.15) is 20.0 Å². The molecule has 2 aromatic carbocycles.